The van der Waals surface area contributed by atoms with Gasteiger partial charge in [-0.05, 0) is 55.0 Å². The highest BCUT2D eigenvalue weighted by Gasteiger charge is 2.10. The van der Waals surface area contributed by atoms with E-state index in [0.717, 1.165) is 32.9 Å². The monoisotopic (exact) mass is 307 g/mol. The van der Waals surface area contributed by atoms with Gasteiger partial charge in [0.25, 0.3) is 0 Å². The van der Waals surface area contributed by atoms with E-state index in [1.54, 1.807) is 0 Å². The van der Waals surface area contributed by atoms with E-state index < -0.39 is 0 Å². The van der Waals surface area contributed by atoms with Crippen molar-refractivity contribution < 1.29 is 0 Å². The average molecular weight is 308 g/mol. The number of aromatic nitrogens is 3. The van der Waals surface area contributed by atoms with Gasteiger partial charge in [0, 0.05) is 21.8 Å². The Balaban J connectivity index is 1.91. The van der Waals surface area contributed by atoms with Gasteiger partial charge in [-0.25, -0.2) is 0 Å². The molecule has 0 aliphatic heterocycles. The zero-order valence-corrected chi connectivity index (χ0v) is 12.8. The number of H-pyrrole nitrogens is 1. The van der Waals surface area contributed by atoms with Crippen LogP contribution in [0.4, 0.5) is 0 Å². The molecule has 2 aromatic heterocycles. The Morgan fingerprint density at radius 2 is 1.82 bits per heavy atom. The second-order valence-corrected chi connectivity index (χ2v) is 5.78. The molecule has 4 rings (SSSR count). The molecule has 0 amide bonds. The number of hydrogen-bond acceptors (Lipinski definition) is 1. The fourth-order valence-corrected chi connectivity index (χ4v) is 2.92. The summed E-state index contributed by atoms with van der Waals surface area (Å²) in [5, 5.41) is 8.98. The van der Waals surface area contributed by atoms with Crippen LogP contribution in [0.2, 0.25) is 5.02 Å². The molecule has 0 saturated carbocycles. The lowest BCUT2D eigenvalue weighted by molar-refractivity contribution is 1.02. The number of aromatic amines is 1. The van der Waals surface area contributed by atoms with Gasteiger partial charge in [0.1, 0.15) is 0 Å². The van der Waals surface area contributed by atoms with Crippen molar-refractivity contribution >= 4 is 22.5 Å². The molecule has 0 unspecified atom stereocenters. The van der Waals surface area contributed by atoms with Gasteiger partial charge in [-0.2, -0.15) is 5.10 Å². The lowest BCUT2D eigenvalue weighted by atomic mass is 10.1. The van der Waals surface area contributed by atoms with Crippen LogP contribution in [0.3, 0.4) is 0 Å². The molecule has 4 aromatic rings. The Hall–Kier alpha value is -2.52. The van der Waals surface area contributed by atoms with Gasteiger partial charge in [-0.15, -0.1) is 0 Å². The molecule has 3 nitrogen and oxygen atoms in total. The van der Waals surface area contributed by atoms with Crippen LogP contribution in [0.25, 0.3) is 27.8 Å². The normalized spacial score (nSPS) is 11.2. The Morgan fingerprint density at radius 3 is 2.64 bits per heavy atom. The lowest BCUT2D eigenvalue weighted by Gasteiger charge is -2.12. The third kappa shape index (κ3) is 2.11. The minimum atomic E-state index is 0.748. The first-order valence-electron chi connectivity index (χ1n) is 7.10. The van der Waals surface area contributed by atoms with Crippen molar-refractivity contribution in [3.8, 4) is 16.9 Å². The van der Waals surface area contributed by atoms with Crippen molar-refractivity contribution in [1.82, 2.24) is 14.8 Å². The fraction of sp³-hybridized carbons (Fsp3) is 0.0556. The summed E-state index contributed by atoms with van der Waals surface area (Å²) in [5.74, 6) is 0. The molecule has 0 bridgehead atoms. The quantitative estimate of drug-likeness (QED) is 0.556. The first-order chi connectivity index (χ1) is 10.7. The number of nitrogens with zero attached hydrogens (tertiary/aromatic N) is 2. The molecular formula is C18H14ClN3. The highest BCUT2D eigenvalue weighted by atomic mass is 35.5. The number of fused-ring (bicyclic) bond motifs is 1. The van der Waals surface area contributed by atoms with Gasteiger partial charge >= 0.3 is 0 Å². The average Bonchev–Trinajstić information content (AvgIpc) is 3.13. The lowest BCUT2D eigenvalue weighted by Crippen LogP contribution is -1.98. The zero-order valence-electron chi connectivity index (χ0n) is 12.0. The van der Waals surface area contributed by atoms with Crippen molar-refractivity contribution in [3.63, 3.8) is 0 Å². The Bertz CT molecular complexity index is 948. The first kappa shape index (κ1) is 13.2. The molecule has 22 heavy (non-hydrogen) atoms. The number of benzene rings is 2. The minimum Gasteiger partial charge on any atom is -0.314 e. The summed E-state index contributed by atoms with van der Waals surface area (Å²) >= 11 is 6.00. The van der Waals surface area contributed by atoms with E-state index in [9.17, 15) is 0 Å². The zero-order chi connectivity index (χ0) is 15.1. The maximum absolute atomic E-state index is 6.00. The maximum atomic E-state index is 6.00. The van der Waals surface area contributed by atoms with Crippen LogP contribution in [0.15, 0.2) is 60.8 Å². The molecule has 2 heterocycles. The van der Waals surface area contributed by atoms with Gasteiger partial charge in [-0.1, -0.05) is 23.7 Å². The van der Waals surface area contributed by atoms with Crippen LogP contribution in [-0.2, 0) is 0 Å². The Labute approximate surface area is 133 Å². The minimum absolute atomic E-state index is 0.748. The van der Waals surface area contributed by atoms with Crippen LogP contribution < -0.4 is 0 Å². The van der Waals surface area contributed by atoms with E-state index in [1.807, 2.05) is 30.5 Å². The van der Waals surface area contributed by atoms with Crippen molar-refractivity contribution in [2.75, 3.05) is 0 Å². The fourth-order valence-electron chi connectivity index (χ4n) is 2.79. The highest BCUT2D eigenvalue weighted by molar-refractivity contribution is 6.30. The molecule has 0 spiro atoms. The summed E-state index contributed by atoms with van der Waals surface area (Å²) in [5.41, 5.74) is 5.62. The molecule has 0 atom stereocenters. The number of hydrogen-bond donors (Lipinski definition) is 1. The third-order valence-electron chi connectivity index (χ3n) is 3.90. The van der Waals surface area contributed by atoms with Crippen LogP contribution in [0.1, 0.15) is 5.69 Å². The summed E-state index contributed by atoms with van der Waals surface area (Å²) in [7, 11) is 0. The second kappa shape index (κ2) is 5.04. The molecule has 0 saturated heterocycles. The molecule has 0 aliphatic rings. The number of halogens is 1. The SMILES string of the molecule is Cc1ccc(-c2ccc(Cl)cc2)n1-c1ccc2cn[nH]c2c1. The van der Waals surface area contributed by atoms with E-state index in [4.69, 9.17) is 11.6 Å². The maximum Gasteiger partial charge on any atom is 0.0671 e. The molecule has 1 N–H and O–H groups in total. The van der Waals surface area contributed by atoms with Gasteiger partial charge in [-0.3, -0.25) is 5.10 Å². The largest absolute Gasteiger partial charge is 0.314 e. The summed E-state index contributed by atoms with van der Waals surface area (Å²) in [6.07, 6.45) is 1.84. The van der Waals surface area contributed by atoms with Gasteiger partial charge in [0.2, 0.25) is 0 Å². The van der Waals surface area contributed by atoms with Gasteiger partial charge in [0.15, 0.2) is 0 Å². The summed E-state index contributed by atoms with van der Waals surface area (Å²) in [6.45, 7) is 2.11. The molecule has 0 radical (unpaired) electrons. The third-order valence-corrected chi connectivity index (χ3v) is 4.15. The number of nitrogens with one attached hydrogen (secondary N) is 1. The predicted molar refractivity (Wildman–Crippen MR) is 90.6 cm³/mol. The summed E-state index contributed by atoms with van der Waals surface area (Å²) in [4.78, 5) is 0. The molecule has 2 aromatic carbocycles. The molecule has 4 heteroatoms. The Morgan fingerprint density at radius 1 is 1.00 bits per heavy atom. The smallest absolute Gasteiger partial charge is 0.0671 e. The Kier molecular flexibility index (Phi) is 3.01. The highest BCUT2D eigenvalue weighted by Crippen LogP contribution is 2.28. The first-order valence-corrected chi connectivity index (χ1v) is 7.48. The topological polar surface area (TPSA) is 33.6 Å². The van der Waals surface area contributed by atoms with Crippen molar-refractivity contribution in [2.45, 2.75) is 6.92 Å². The van der Waals surface area contributed by atoms with Crippen LogP contribution in [-0.4, -0.2) is 14.8 Å². The second-order valence-electron chi connectivity index (χ2n) is 5.34. The van der Waals surface area contributed by atoms with Crippen molar-refractivity contribution in [3.05, 3.63) is 71.5 Å². The van der Waals surface area contributed by atoms with E-state index in [2.05, 4.69) is 52.0 Å². The van der Waals surface area contributed by atoms with Crippen molar-refractivity contribution in [1.29, 1.82) is 0 Å². The van der Waals surface area contributed by atoms with E-state index >= 15 is 0 Å². The molecule has 0 fully saturated rings. The molecule has 0 aliphatic carbocycles. The van der Waals surface area contributed by atoms with E-state index in [0.29, 0.717) is 0 Å². The number of rotatable bonds is 2. The van der Waals surface area contributed by atoms with Gasteiger partial charge in [0.05, 0.1) is 17.4 Å². The standard InChI is InChI=1S/C18H14ClN3/c1-12-2-9-18(13-3-6-15(19)7-4-13)22(12)16-8-5-14-11-20-21-17(14)10-16/h2-11H,1H3,(H,20,21). The predicted octanol–water partition coefficient (Wildman–Crippen LogP) is 4.98. The van der Waals surface area contributed by atoms with E-state index in [1.165, 1.54) is 5.69 Å². The van der Waals surface area contributed by atoms with Crippen LogP contribution >= 0.6 is 11.6 Å². The van der Waals surface area contributed by atoms with Gasteiger partial charge < -0.3 is 4.57 Å². The summed E-state index contributed by atoms with van der Waals surface area (Å²) < 4.78 is 2.24. The molecule has 108 valence electrons. The van der Waals surface area contributed by atoms with Crippen LogP contribution in [0, 0.1) is 6.92 Å². The van der Waals surface area contributed by atoms with E-state index in [-0.39, 0.29) is 0 Å². The molecular weight excluding hydrogens is 294 g/mol. The number of aryl methyl sites for hydroxylation is 1. The van der Waals surface area contributed by atoms with Crippen LogP contribution in [0.5, 0.6) is 0 Å². The van der Waals surface area contributed by atoms with Crippen molar-refractivity contribution in [2.24, 2.45) is 0 Å². The summed E-state index contributed by atoms with van der Waals surface area (Å²) in [6, 6.07) is 18.5.